The molecular weight excluding hydrogens is 230 g/mol. The van der Waals surface area contributed by atoms with Crippen molar-refractivity contribution in [3.05, 3.63) is 0 Å². The van der Waals surface area contributed by atoms with E-state index in [2.05, 4.69) is 12.2 Å². The zero-order valence-electron chi connectivity index (χ0n) is 11.5. The fourth-order valence-corrected chi connectivity index (χ4v) is 2.68. The highest BCUT2D eigenvalue weighted by molar-refractivity contribution is 4.97. The Morgan fingerprint density at radius 2 is 1.39 bits per heavy atom. The van der Waals surface area contributed by atoms with Crippen LogP contribution in [0.5, 0.6) is 0 Å². The van der Waals surface area contributed by atoms with Crippen LogP contribution in [-0.4, -0.2) is 46.2 Å². The minimum Gasteiger partial charge on any atom is -0.395 e. The maximum Gasteiger partial charge on any atom is 0.0989 e. The van der Waals surface area contributed by atoms with E-state index in [9.17, 15) is 10.2 Å². The van der Waals surface area contributed by atoms with Crippen LogP contribution in [0.1, 0.15) is 58.3 Å². The third-order valence-corrected chi connectivity index (χ3v) is 3.92. The fraction of sp³-hybridized carbons (Fsp3) is 1.00. The van der Waals surface area contributed by atoms with Gasteiger partial charge in [-0.05, 0) is 6.42 Å². The molecule has 4 heteroatoms. The van der Waals surface area contributed by atoms with Crippen LogP contribution in [0.25, 0.3) is 0 Å². The second-order valence-electron chi connectivity index (χ2n) is 5.45. The molecule has 4 nitrogen and oxygen atoms in total. The van der Waals surface area contributed by atoms with E-state index >= 15 is 0 Å². The van der Waals surface area contributed by atoms with E-state index in [0.29, 0.717) is 0 Å². The molecule has 108 valence electrons. The fourth-order valence-electron chi connectivity index (χ4n) is 2.68. The van der Waals surface area contributed by atoms with Crippen LogP contribution in [-0.2, 0) is 0 Å². The highest BCUT2D eigenvalue weighted by atomic mass is 16.3. The second kappa shape index (κ2) is 8.86. The summed E-state index contributed by atoms with van der Waals surface area (Å²) in [5.74, 6) is 0. The molecule has 1 saturated heterocycles. The largest absolute Gasteiger partial charge is 0.395 e. The summed E-state index contributed by atoms with van der Waals surface area (Å²) in [7, 11) is 0. The minimum atomic E-state index is -0.829. The van der Waals surface area contributed by atoms with Gasteiger partial charge in [-0.2, -0.15) is 0 Å². The zero-order valence-corrected chi connectivity index (χ0v) is 11.5. The topological polar surface area (TPSA) is 72.7 Å². The molecule has 1 rings (SSSR count). The Hall–Kier alpha value is -0.160. The van der Waals surface area contributed by atoms with Crippen molar-refractivity contribution in [1.29, 1.82) is 0 Å². The molecule has 0 radical (unpaired) electrons. The maximum atomic E-state index is 9.81. The van der Waals surface area contributed by atoms with Gasteiger partial charge in [0.25, 0.3) is 0 Å². The van der Waals surface area contributed by atoms with E-state index in [1.54, 1.807) is 0 Å². The summed E-state index contributed by atoms with van der Waals surface area (Å²) in [6, 6.07) is -0.428. The Morgan fingerprint density at radius 1 is 0.833 bits per heavy atom. The summed E-state index contributed by atoms with van der Waals surface area (Å²) in [4.78, 5) is 0. The van der Waals surface area contributed by atoms with Crippen molar-refractivity contribution >= 4 is 0 Å². The number of aliphatic hydroxyl groups is 3. The molecule has 0 aromatic carbocycles. The van der Waals surface area contributed by atoms with E-state index in [1.807, 2.05) is 0 Å². The lowest BCUT2D eigenvalue weighted by Crippen LogP contribution is -2.36. The molecule has 4 atom stereocenters. The van der Waals surface area contributed by atoms with Crippen molar-refractivity contribution < 1.29 is 15.3 Å². The van der Waals surface area contributed by atoms with Gasteiger partial charge in [-0.25, -0.2) is 0 Å². The molecule has 0 spiro atoms. The first-order chi connectivity index (χ1) is 8.70. The highest BCUT2D eigenvalue weighted by Gasteiger charge is 2.39. The van der Waals surface area contributed by atoms with Gasteiger partial charge in [0.15, 0.2) is 0 Å². The Morgan fingerprint density at radius 3 is 1.94 bits per heavy atom. The van der Waals surface area contributed by atoms with E-state index in [4.69, 9.17) is 5.11 Å². The predicted octanol–water partition coefficient (Wildman–Crippen LogP) is 1.18. The van der Waals surface area contributed by atoms with Crippen molar-refractivity contribution in [2.45, 2.75) is 82.6 Å². The van der Waals surface area contributed by atoms with Gasteiger partial charge >= 0.3 is 0 Å². The second-order valence-corrected chi connectivity index (χ2v) is 5.45. The Labute approximate surface area is 110 Å². The van der Waals surface area contributed by atoms with Crippen molar-refractivity contribution in [3.63, 3.8) is 0 Å². The molecular formula is C14H29NO3. The monoisotopic (exact) mass is 259 g/mol. The molecule has 0 aliphatic carbocycles. The van der Waals surface area contributed by atoms with Gasteiger partial charge in [-0.3, -0.25) is 0 Å². The summed E-state index contributed by atoms with van der Waals surface area (Å²) >= 11 is 0. The number of unbranched alkanes of at least 4 members (excludes halogenated alkanes) is 6. The standard InChI is InChI=1S/C14H29NO3/c1-2-3-4-5-6-7-8-9-11-13(17)14(18)12(10-16)15-11/h11-18H,2-10H2,1H3/t11-,12-,13+,14-/m0/s1. The quantitative estimate of drug-likeness (QED) is 0.469. The Kier molecular flexibility index (Phi) is 7.82. The first-order valence-electron chi connectivity index (χ1n) is 7.43. The van der Waals surface area contributed by atoms with Gasteiger partial charge in [0.2, 0.25) is 0 Å². The number of hydrogen-bond acceptors (Lipinski definition) is 4. The third kappa shape index (κ3) is 4.84. The van der Waals surface area contributed by atoms with Gasteiger partial charge in [0, 0.05) is 6.04 Å². The molecule has 1 aliphatic heterocycles. The van der Waals surface area contributed by atoms with Gasteiger partial charge in [0.1, 0.15) is 0 Å². The highest BCUT2D eigenvalue weighted by Crippen LogP contribution is 2.19. The smallest absolute Gasteiger partial charge is 0.0989 e. The molecule has 1 fully saturated rings. The van der Waals surface area contributed by atoms with E-state index in [1.165, 1.54) is 38.5 Å². The van der Waals surface area contributed by atoms with Crippen molar-refractivity contribution in [1.82, 2.24) is 5.32 Å². The lowest BCUT2D eigenvalue weighted by Gasteiger charge is -2.15. The first kappa shape index (κ1) is 15.9. The van der Waals surface area contributed by atoms with E-state index in [0.717, 1.165) is 12.8 Å². The van der Waals surface area contributed by atoms with Crippen LogP contribution in [0.2, 0.25) is 0 Å². The number of aliphatic hydroxyl groups excluding tert-OH is 3. The number of hydrogen-bond donors (Lipinski definition) is 4. The van der Waals surface area contributed by atoms with Crippen LogP contribution in [0, 0.1) is 0 Å². The molecule has 18 heavy (non-hydrogen) atoms. The SMILES string of the molecule is CCCCCCCCC[C@@H]1N[C@@H](CO)[C@H](O)[C@@H]1O. The molecule has 0 unspecified atom stereocenters. The molecule has 0 amide bonds. The molecule has 1 heterocycles. The summed E-state index contributed by atoms with van der Waals surface area (Å²) in [5, 5.41) is 31.6. The summed E-state index contributed by atoms with van der Waals surface area (Å²) in [5.41, 5.74) is 0. The molecule has 0 aromatic heterocycles. The van der Waals surface area contributed by atoms with Crippen LogP contribution in [0.3, 0.4) is 0 Å². The minimum absolute atomic E-state index is 0.0622. The first-order valence-corrected chi connectivity index (χ1v) is 7.43. The third-order valence-electron chi connectivity index (χ3n) is 3.92. The van der Waals surface area contributed by atoms with Crippen molar-refractivity contribution in [3.8, 4) is 0 Å². The molecule has 1 aliphatic rings. The molecule has 4 N–H and O–H groups in total. The van der Waals surface area contributed by atoms with Gasteiger partial charge in [0.05, 0.1) is 24.9 Å². The van der Waals surface area contributed by atoms with Crippen molar-refractivity contribution in [2.24, 2.45) is 0 Å². The maximum absolute atomic E-state index is 9.81. The van der Waals surface area contributed by atoms with E-state index in [-0.39, 0.29) is 18.7 Å². The lowest BCUT2D eigenvalue weighted by molar-refractivity contribution is 0.0186. The summed E-state index contributed by atoms with van der Waals surface area (Å²) < 4.78 is 0. The molecule has 0 saturated carbocycles. The van der Waals surface area contributed by atoms with Gasteiger partial charge in [-0.15, -0.1) is 0 Å². The molecule has 0 bridgehead atoms. The van der Waals surface area contributed by atoms with Crippen LogP contribution in [0.4, 0.5) is 0 Å². The van der Waals surface area contributed by atoms with E-state index < -0.39 is 12.2 Å². The predicted molar refractivity (Wildman–Crippen MR) is 72.4 cm³/mol. The normalized spacial score (nSPS) is 32.0. The number of rotatable bonds is 9. The number of nitrogens with one attached hydrogen (secondary N) is 1. The molecule has 0 aromatic rings. The van der Waals surface area contributed by atoms with Crippen LogP contribution >= 0.6 is 0 Å². The van der Waals surface area contributed by atoms with Gasteiger partial charge < -0.3 is 20.6 Å². The average Bonchev–Trinajstić information content (AvgIpc) is 2.65. The average molecular weight is 259 g/mol. The van der Waals surface area contributed by atoms with Crippen LogP contribution in [0.15, 0.2) is 0 Å². The Balaban J connectivity index is 2.05. The summed E-state index contributed by atoms with van der Waals surface area (Å²) in [6.07, 6.45) is 8.07. The lowest BCUT2D eigenvalue weighted by atomic mass is 10.0. The Bertz CT molecular complexity index is 213. The van der Waals surface area contributed by atoms with Crippen LogP contribution < -0.4 is 5.32 Å². The summed E-state index contributed by atoms with van der Waals surface area (Å²) in [6.45, 7) is 2.10. The van der Waals surface area contributed by atoms with Gasteiger partial charge in [-0.1, -0.05) is 51.9 Å². The van der Waals surface area contributed by atoms with Crippen molar-refractivity contribution in [2.75, 3.05) is 6.61 Å². The zero-order chi connectivity index (χ0) is 13.4.